The van der Waals surface area contributed by atoms with E-state index in [4.69, 9.17) is 4.74 Å². The number of rotatable bonds is 6. The van der Waals surface area contributed by atoms with Gasteiger partial charge in [-0.15, -0.1) is 0 Å². The van der Waals surface area contributed by atoms with E-state index in [2.05, 4.69) is 5.32 Å². The topological polar surface area (TPSA) is 55.4 Å². The van der Waals surface area contributed by atoms with Crippen molar-refractivity contribution in [2.75, 3.05) is 30.8 Å². The summed E-state index contributed by atoms with van der Waals surface area (Å²) in [6.45, 7) is 4.13. The summed E-state index contributed by atoms with van der Waals surface area (Å²) in [5.41, 5.74) is 0.711. The molecule has 0 aliphatic carbocycles. The zero-order valence-electron chi connectivity index (χ0n) is 11.3. The summed E-state index contributed by atoms with van der Waals surface area (Å²) in [4.78, 5) is 0.403. The molecule has 1 N–H and O–H groups in total. The summed E-state index contributed by atoms with van der Waals surface area (Å²) < 4.78 is 29.3. The summed E-state index contributed by atoms with van der Waals surface area (Å²) >= 11 is 0. The molecule has 106 valence electrons. The Hall–Kier alpha value is -1.07. The standard InChI is InChI=1S/C14H21NO3S/c1-2-19(16,17)14-6-4-3-5-13(14)15-9-7-12-8-10-18-11-12/h3-6,12,15H,2,7-11H2,1H3. The normalized spacial score (nSPS) is 19.5. The third-order valence-corrected chi connectivity index (χ3v) is 5.28. The highest BCUT2D eigenvalue weighted by atomic mass is 32.2. The van der Waals surface area contributed by atoms with E-state index in [0.717, 1.165) is 32.6 Å². The van der Waals surface area contributed by atoms with E-state index >= 15 is 0 Å². The van der Waals surface area contributed by atoms with Crippen molar-refractivity contribution in [3.05, 3.63) is 24.3 Å². The number of anilines is 1. The average Bonchev–Trinajstić information content (AvgIpc) is 2.92. The van der Waals surface area contributed by atoms with Crippen molar-refractivity contribution in [3.8, 4) is 0 Å². The Kier molecular flexibility index (Phi) is 4.82. The first-order valence-electron chi connectivity index (χ1n) is 6.77. The molecule has 1 atom stereocenters. The SMILES string of the molecule is CCS(=O)(=O)c1ccccc1NCCC1CCOC1. The molecule has 1 aliphatic heterocycles. The smallest absolute Gasteiger partial charge is 0.180 e. The molecule has 1 saturated heterocycles. The van der Waals surface area contributed by atoms with Gasteiger partial charge in [0.25, 0.3) is 0 Å². The van der Waals surface area contributed by atoms with Gasteiger partial charge in [0.05, 0.1) is 16.3 Å². The van der Waals surface area contributed by atoms with Crippen LogP contribution in [0.3, 0.4) is 0 Å². The Labute approximate surface area is 115 Å². The molecule has 1 aromatic rings. The van der Waals surface area contributed by atoms with Gasteiger partial charge in [0.2, 0.25) is 0 Å². The number of hydrogen-bond acceptors (Lipinski definition) is 4. The van der Waals surface area contributed by atoms with Crippen LogP contribution < -0.4 is 5.32 Å². The van der Waals surface area contributed by atoms with Crippen LogP contribution in [0.25, 0.3) is 0 Å². The second-order valence-corrected chi connectivity index (χ2v) is 7.09. The molecule has 19 heavy (non-hydrogen) atoms. The number of hydrogen-bond donors (Lipinski definition) is 1. The lowest BCUT2D eigenvalue weighted by molar-refractivity contribution is 0.185. The van der Waals surface area contributed by atoms with Gasteiger partial charge in [0, 0.05) is 19.8 Å². The van der Waals surface area contributed by atoms with Gasteiger partial charge >= 0.3 is 0 Å². The number of nitrogens with one attached hydrogen (secondary N) is 1. The van der Waals surface area contributed by atoms with E-state index in [-0.39, 0.29) is 5.75 Å². The molecule has 0 amide bonds. The van der Waals surface area contributed by atoms with Crippen LogP contribution >= 0.6 is 0 Å². The predicted octanol–water partition coefficient (Wildman–Crippen LogP) is 2.32. The van der Waals surface area contributed by atoms with Gasteiger partial charge in [-0.3, -0.25) is 0 Å². The van der Waals surface area contributed by atoms with Gasteiger partial charge < -0.3 is 10.1 Å². The average molecular weight is 283 g/mol. The molecule has 0 radical (unpaired) electrons. The van der Waals surface area contributed by atoms with Crippen LogP contribution in [0, 0.1) is 5.92 Å². The summed E-state index contributed by atoms with van der Waals surface area (Å²) in [6, 6.07) is 7.11. The molecule has 4 nitrogen and oxygen atoms in total. The lowest BCUT2D eigenvalue weighted by Crippen LogP contribution is -2.12. The van der Waals surface area contributed by atoms with Gasteiger partial charge in [0.15, 0.2) is 9.84 Å². The molecule has 1 aromatic carbocycles. The van der Waals surface area contributed by atoms with E-state index in [1.165, 1.54) is 0 Å². The summed E-state index contributed by atoms with van der Waals surface area (Å²) in [5, 5.41) is 3.25. The van der Waals surface area contributed by atoms with Crippen molar-refractivity contribution in [3.63, 3.8) is 0 Å². The number of benzene rings is 1. The van der Waals surface area contributed by atoms with E-state index in [0.29, 0.717) is 16.5 Å². The third kappa shape index (κ3) is 3.70. The summed E-state index contributed by atoms with van der Waals surface area (Å²) in [5.74, 6) is 0.727. The molecule has 0 bridgehead atoms. The molecular formula is C14H21NO3S. The Morgan fingerprint density at radius 1 is 1.37 bits per heavy atom. The molecule has 1 unspecified atom stereocenters. The van der Waals surface area contributed by atoms with Crippen LogP contribution in [-0.4, -0.2) is 33.9 Å². The molecule has 0 spiro atoms. The minimum atomic E-state index is -3.17. The van der Waals surface area contributed by atoms with Crippen molar-refractivity contribution in [1.82, 2.24) is 0 Å². The molecule has 5 heteroatoms. The fraction of sp³-hybridized carbons (Fsp3) is 0.571. The van der Waals surface area contributed by atoms with Crippen LogP contribution in [0.1, 0.15) is 19.8 Å². The van der Waals surface area contributed by atoms with E-state index in [1.807, 2.05) is 12.1 Å². The van der Waals surface area contributed by atoms with E-state index < -0.39 is 9.84 Å². The van der Waals surface area contributed by atoms with Gasteiger partial charge in [-0.2, -0.15) is 0 Å². The van der Waals surface area contributed by atoms with Crippen molar-refractivity contribution in [1.29, 1.82) is 0 Å². The second kappa shape index (κ2) is 6.39. The lowest BCUT2D eigenvalue weighted by Gasteiger charge is -2.13. The highest BCUT2D eigenvalue weighted by Gasteiger charge is 2.17. The molecule has 1 fully saturated rings. The fourth-order valence-electron chi connectivity index (χ4n) is 2.26. The Bertz CT molecular complexity index is 507. The van der Waals surface area contributed by atoms with Crippen LogP contribution in [0.2, 0.25) is 0 Å². The zero-order chi connectivity index (χ0) is 13.7. The lowest BCUT2D eigenvalue weighted by atomic mass is 10.1. The minimum absolute atomic E-state index is 0.127. The Balaban J connectivity index is 1.99. The van der Waals surface area contributed by atoms with Gasteiger partial charge in [0.1, 0.15) is 0 Å². The Morgan fingerprint density at radius 2 is 2.16 bits per heavy atom. The van der Waals surface area contributed by atoms with E-state index in [9.17, 15) is 8.42 Å². The van der Waals surface area contributed by atoms with Crippen LogP contribution in [0.15, 0.2) is 29.2 Å². The first-order chi connectivity index (χ1) is 9.13. The maximum atomic E-state index is 12.0. The molecule has 1 aliphatic rings. The fourth-order valence-corrected chi connectivity index (χ4v) is 3.33. The molecular weight excluding hydrogens is 262 g/mol. The van der Waals surface area contributed by atoms with Gasteiger partial charge in [-0.1, -0.05) is 19.1 Å². The number of ether oxygens (including phenoxy) is 1. The van der Waals surface area contributed by atoms with Crippen molar-refractivity contribution in [2.45, 2.75) is 24.7 Å². The first-order valence-corrected chi connectivity index (χ1v) is 8.42. The maximum Gasteiger partial charge on any atom is 0.180 e. The molecule has 1 heterocycles. The van der Waals surface area contributed by atoms with Crippen LogP contribution in [0.5, 0.6) is 0 Å². The van der Waals surface area contributed by atoms with Crippen molar-refractivity contribution >= 4 is 15.5 Å². The largest absolute Gasteiger partial charge is 0.384 e. The Morgan fingerprint density at radius 3 is 2.84 bits per heavy atom. The highest BCUT2D eigenvalue weighted by Crippen LogP contribution is 2.23. The first kappa shape index (κ1) is 14.3. The molecule has 0 aromatic heterocycles. The van der Waals surface area contributed by atoms with Gasteiger partial charge in [-0.25, -0.2) is 8.42 Å². The summed E-state index contributed by atoms with van der Waals surface area (Å²) in [7, 11) is -3.17. The van der Waals surface area contributed by atoms with Gasteiger partial charge in [-0.05, 0) is 30.9 Å². The molecule has 2 rings (SSSR count). The molecule has 0 saturated carbocycles. The zero-order valence-corrected chi connectivity index (χ0v) is 12.1. The quantitative estimate of drug-likeness (QED) is 0.870. The monoisotopic (exact) mass is 283 g/mol. The summed E-state index contributed by atoms with van der Waals surface area (Å²) in [6.07, 6.45) is 2.12. The minimum Gasteiger partial charge on any atom is -0.384 e. The second-order valence-electron chi connectivity index (χ2n) is 4.84. The highest BCUT2D eigenvalue weighted by molar-refractivity contribution is 7.91. The van der Waals surface area contributed by atoms with Crippen molar-refractivity contribution < 1.29 is 13.2 Å². The third-order valence-electron chi connectivity index (χ3n) is 3.49. The number of para-hydroxylation sites is 1. The predicted molar refractivity (Wildman–Crippen MR) is 76.2 cm³/mol. The van der Waals surface area contributed by atoms with Crippen molar-refractivity contribution in [2.24, 2.45) is 5.92 Å². The van der Waals surface area contributed by atoms with Crippen LogP contribution in [0.4, 0.5) is 5.69 Å². The number of sulfone groups is 1. The van der Waals surface area contributed by atoms with Crippen LogP contribution in [-0.2, 0) is 14.6 Å². The maximum absolute atomic E-state index is 12.0. The van der Waals surface area contributed by atoms with E-state index in [1.54, 1.807) is 19.1 Å².